The summed E-state index contributed by atoms with van der Waals surface area (Å²) in [6, 6.07) is 5.49. The van der Waals surface area contributed by atoms with E-state index in [2.05, 4.69) is 6.92 Å². The molecule has 4 heteroatoms. The Morgan fingerprint density at radius 3 is 2.62 bits per heavy atom. The molecule has 0 aromatic heterocycles. The molecule has 0 aliphatic carbocycles. The van der Waals surface area contributed by atoms with Crippen LogP contribution in [0.15, 0.2) is 18.2 Å². The Morgan fingerprint density at radius 1 is 1.31 bits per heavy atom. The monoisotopic (exact) mass is 262 g/mol. The van der Waals surface area contributed by atoms with E-state index in [1.165, 1.54) is 12.8 Å². The van der Waals surface area contributed by atoms with Gasteiger partial charge in [-0.3, -0.25) is 0 Å². The zero-order valence-corrected chi connectivity index (χ0v) is 11.2. The third-order valence-electron chi connectivity index (χ3n) is 2.57. The van der Waals surface area contributed by atoms with E-state index in [1.807, 2.05) is 12.1 Å². The predicted octanol–water partition coefficient (Wildman–Crippen LogP) is 3.92. The van der Waals surface area contributed by atoms with Crippen molar-refractivity contribution in [1.29, 1.82) is 0 Å². The molecule has 0 amide bonds. The molecule has 0 saturated heterocycles. The molecule has 0 aliphatic heterocycles. The third kappa shape index (κ3) is 4.60. The summed E-state index contributed by atoms with van der Waals surface area (Å²) in [6.45, 7) is 2.18. The molecule has 1 aromatic rings. The molecule has 2 nitrogen and oxygen atoms in total. The van der Waals surface area contributed by atoms with Crippen LogP contribution in [-0.2, 0) is 0 Å². The second-order valence-corrected chi connectivity index (χ2v) is 4.31. The lowest BCUT2D eigenvalue weighted by Crippen LogP contribution is -2.12. The fourth-order valence-corrected chi connectivity index (χ4v) is 1.82. The van der Waals surface area contributed by atoms with E-state index in [9.17, 15) is 0 Å². The van der Waals surface area contributed by atoms with E-state index >= 15 is 0 Å². The maximum atomic E-state index is 6.07. The van der Waals surface area contributed by atoms with E-state index in [4.69, 9.17) is 23.1 Å². The lowest BCUT2D eigenvalue weighted by Gasteiger charge is -2.14. The van der Waals surface area contributed by atoms with Gasteiger partial charge in [0.2, 0.25) is 0 Å². The summed E-state index contributed by atoms with van der Waals surface area (Å²) in [5.41, 5.74) is 13.6. The summed E-state index contributed by atoms with van der Waals surface area (Å²) in [5.74, 6) is 0. The second kappa shape index (κ2) is 7.77. The molecule has 0 fully saturated rings. The van der Waals surface area contributed by atoms with Crippen LogP contribution < -0.4 is 11.5 Å². The molecule has 1 aromatic carbocycles. The predicted molar refractivity (Wildman–Crippen MR) is 74.2 cm³/mol. The molecular weight excluding hydrogens is 243 g/mol. The first-order valence-electron chi connectivity index (χ1n) is 5.45. The highest BCUT2D eigenvalue weighted by atomic mass is 35.5. The number of nitrogens with two attached hydrogens (primary N) is 2. The number of anilines is 1. The van der Waals surface area contributed by atoms with Crippen molar-refractivity contribution in [3.63, 3.8) is 0 Å². The lowest BCUT2D eigenvalue weighted by atomic mass is 10.00. The van der Waals surface area contributed by atoms with Gasteiger partial charge in [0.1, 0.15) is 0 Å². The molecule has 92 valence electrons. The number of hydrogen-bond donors (Lipinski definition) is 2. The number of hydrogen-bond acceptors (Lipinski definition) is 2. The molecule has 0 radical (unpaired) electrons. The molecule has 4 N–H and O–H groups in total. The van der Waals surface area contributed by atoms with Gasteiger partial charge in [-0.25, -0.2) is 0 Å². The Balaban J connectivity index is 0.00000225. The molecule has 0 bridgehead atoms. The van der Waals surface area contributed by atoms with E-state index in [1.54, 1.807) is 6.07 Å². The fraction of sp³-hybridized carbons (Fsp3) is 0.500. The number of rotatable bonds is 5. The molecule has 0 saturated carbocycles. The Labute approximate surface area is 109 Å². The zero-order chi connectivity index (χ0) is 11.3. The quantitative estimate of drug-likeness (QED) is 0.624. The van der Waals surface area contributed by atoms with Crippen LogP contribution >= 0.6 is 24.0 Å². The van der Waals surface area contributed by atoms with Gasteiger partial charge in [-0.1, -0.05) is 37.8 Å². The van der Waals surface area contributed by atoms with Crippen LogP contribution in [0.3, 0.4) is 0 Å². The van der Waals surface area contributed by atoms with Crippen molar-refractivity contribution in [2.45, 2.75) is 38.6 Å². The van der Waals surface area contributed by atoms with Gasteiger partial charge in [-0.15, -0.1) is 12.4 Å². The van der Waals surface area contributed by atoms with Crippen LogP contribution in [0.25, 0.3) is 0 Å². The Bertz CT molecular complexity index is 316. The molecule has 0 unspecified atom stereocenters. The summed E-state index contributed by atoms with van der Waals surface area (Å²) >= 11 is 5.91. The number of halogens is 2. The van der Waals surface area contributed by atoms with Gasteiger partial charge in [-0.2, -0.15) is 0 Å². The van der Waals surface area contributed by atoms with Crippen molar-refractivity contribution >= 4 is 29.7 Å². The molecular formula is C12H20Cl2N2. The molecule has 1 atom stereocenters. The third-order valence-corrected chi connectivity index (χ3v) is 2.80. The van der Waals surface area contributed by atoms with Gasteiger partial charge in [0, 0.05) is 16.8 Å². The minimum Gasteiger partial charge on any atom is -0.398 e. The van der Waals surface area contributed by atoms with Gasteiger partial charge in [0.25, 0.3) is 0 Å². The minimum atomic E-state index is 0. The van der Waals surface area contributed by atoms with E-state index in [0.29, 0.717) is 5.02 Å². The van der Waals surface area contributed by atoms with Gasteiger partial charge in [-0.05, 0) is 30.2 Å². The largest absolute Gasteiger partial charge is 0.398 e. The highest BCUT2D eigenvalue weighted by molar-refractivity contribution is 6.30. The molecule has 0 aliphatic rings. The van der Waals surface area contributed by atoms with Crippen LogP contribution in [0.4, 0.5) is 5.69 Å². The van der Waals surface area contributed by atoms with Crippen LogP contribution in [0.1, 0.15) is 44.2 Å². The first-order chi connectivity index (χ1) is 7.15. The van der Waals surface area contributed by atoms with Crippen molar-refractivity contribution < 1.29 is 0 Å². The van der Waals surface area contributed by atoms with Crippen molar-refractivity contribution in [1.82, 2.24) is 0 Å². The van der Waals surface area contributed by atoms with Crippen molar-refractivity contribution in [3.8, 4) is 0 Å². The summed E-state index contributed by atoms with van der Waals surface area (Å²) in [6.07, 6.45) is 4.54. The van der Waals surface area contributed by atoms with E-state index in [0.717, 1.165) is 24.1 Å². The standard InChI is InChI=1S/C12H19ClN2.ClH/c1-2-3-4-5-11(14)10-8-9(13)6-7-12(10)15;/h6-8,11H,2-5,14-15H2,1H3;1H/t11-;/m0./s1. The van der Waals surface area contributed by atoms with E-state index in [-0.39, 0.29) is 18.4 Å². The second-order valence-electron chi connectivity index (χ2n) is 3.88. The van der Waals surface area contributed by atoms with Crippen LogP contribution in [0.5, 0.6) is 0 Å². The van der Waals surface area contributed by atoms with Crippen molar-refractivity contribution in [3.05, 3.63) is 28.8 Å². The van der Waals surface area contributed by atoms with Gasteiger partial charge in [0.05, 0.1) is 0 Å². The maximum absolute atomic E-state index is 6.07. The minimum absolute atomic E-state index is 0. The van der Waals surface area contributed by atoms with Gasteiger partial charge in [0.15, 0.2) is 0 Å². The SMILES string of the molecule is CCCCC[C@H](N)c1cc(Cl)ccc1N.Cl. The molecule has 1 rings (SSSR count). The first-order valence-corrected chi connectivity index (χ1v) is 5.83. The summed E-state index contributed by atoms with van der Waals surface area (Å²) in [4.78, 5) is 0. The number of nitrogen functional groups attached to an aromatic ring is 1. The highest BCUT2D eigenvalue weighted by Crippen LogP contribution is 2.26. The number of benzene rings is 1. The molecule has 0 heterocycles. The molecule has 0 spiro atoms. The van der Waals surface area contributed by atoms with Crippen LogP contribution in [0, 0.1) is 0 Å². The van der Waals surface area contributed by atoms with Gasteiger partial charge >= 0.3 is 0 Å². The Hall–Kier alpha value is -0.440. The normalized spacial score (nSPS) is 11.9. The number of unbranched alkanes of at least 4 members (excludes halogenated alkanes) is 2. The average Bonchev–Trinajstić information content (AvgIpc) is 2.22. The van der Waals surface area contributed by atoms with Crippen LogP contribution in [0.2, 0.25) is 5.02 Å². The lowest BCUT2D eigenvalue weighted by molar-refractivity contribution is 0.582. The summed E-state index contributed by atoms with van der Waals surface area (Å²) in [7, 11) is 0. The smallest absolute Gasteiger partial charge is 0.0410 e. The fourth-order valence-electron chi connectivity index (χ4n) is 1.64. The molecule has 16 heavy (non-hydrogen) atoms. The van der Waals surface area contributed by atoms with Crippen molar-refractivity contribution in [2.75, 3.05) is 5.73 Å². The Kier molecular flexibility index (Phi) is 7.56. The topological polar surface area (TPSA) is 52.0 Å². The van der Waals surface area contributed by atoms with E-state index < -0.39 is 0 Å². The van der Waals surface area contributed by atoms with Crippen LogP contribution in [-0.4, -0.2) is 0 Å². The average molecular weight is 263 g/mol. The summed E-state index contributed by atoms with van der Waals surface area (Å²) in [5, 5.41) is 0.699. The summed E-state index contributed by atoms with van der Waals surface area (Å²) < 4.78 is 0. The van der Waals surface area contributed by atoms with Crippen molar-refractivity contribution in [2.24, 2.45) is 5.73 Å². The first kappa shape index (κ1) is 15.6. The maximum Gasteiger partial charge on any atom is 0.0410 e. The highest BCUT2D eigenvalue weighted by Gasteiger charge is 2.09. The Morgan fingerprint density at radius 2 is 2.00 bits per heavy atom. The zero-order valence-electron chi connectivity index (χ0n) is 9.58. The van der Waals surface area contributed by atoms with Gasteiger partial charge < -0.3 is 11.5 Å².